The highest BCUT2D eigenvalue weighted by atomic mass is 19.1. The highest BCUT2D eigenvalue weighted by Gasteiger charge is 2.25. The third-order valence-electron chi connectivity index (χ3n) is 3.56. The molecule has 0 saturated carbocycles. The van der Waals surface area contributed by atoms with Crippen LogP contribution in [0, 0.1) is 15.9 Å². The van der Waals surface area contributed by atoms with Gasteiger partial charge in [-0.3, -0.25) is 10.1 Å². The van der Waals surface area contributed by atoms with Gasteiger partial charge in [0.1, 0.15) is 11.5 Å². The van der Waals surface area contributed by atoms with Gasteiger partial charge in [0.25, 0.3) is 0 Å². The van der Waals surface area contributed by atoms with E-state index in [1.807, 2.05) is 6.92 Å². The molecule has 0 saturated heterocycles. The normalized spacial score (nSPS) is 10.7. The Balaban J connectivity index is 2.23. The van der Waals surface area contributed by atoms with Gasteiger partial charge in [-0.2, -0.15) is 5.10 Å². The molecule has 1 aromatic carbocycles. The van der Waals surface area contributed by atoms with Crippen molar-refractivity contribution in [1.29, 1.82) is 0 Å². The number of anilines is 2. The smallest absolute Gasteiger partial charge is 0.333 e. The van der Waals surface area contributed by atoms with E-state index in [4.69, 9.17) is 0 Å². The van der Waals surface area contributed by atoms with Crippen LogP contribution in [0.3, 0.4) is 0 Å². The van der Waals surface area contributed by atoms with Crippen LogP contribution in [0.5, 0.6) is 0 Å². The van der Waals surface area contributed by atoms with Gasteiger partial charge >= 0.3 is 5.69 Å². The molecule has 23 heavy (non-hydrogen) atoms. The average Bonchev–Trinajstić information content (AvgIpc) is 2.81. The molecule has 124 valence electrons. The molecule has 0 fully saturated rings. The van der Waals surface area contributed by atoms with Crippen molar-refractivity contribution in [2.75, 3.05) is 24.3 Å². The predicted octanol–water partition coefficient (Wildman–Crippen LogP) is 2.71. The summed E-state index contributed by atoms with van der Waals surface area (Å²) in [5.41, 5.74) is 1.59. The summed E-state index contributed by atoms with van der Waals surface area (Å²) in [6.07, 6.45) is 0.470. The molecule has 2 aromatic rings. The summed E-state index contributed by atoms with van der Waals surface area (Å²) in [6, 6.07) is 4.89. The third-order valence-corrected chi connectivity index (χ3v) is 3.56. The van der Waals surface area contributed by atoms with Crippen LogP contribution in [-0.2, 0) is 20.0 Å². The Bertz CT molecular complexity index is 727. The summed E-state index contributed by atoms with van der Waals surface area (Å²) < 4.78 is 15.4. The highest BCUT2D eigenvalue weighted by molar-refractivity contribution is 5.60. The fourth-order valence-corrected chi connectivity index (χ4v) is 2.41. The lowest BCUT2D eigenvalue weighted by atomic mass is 10.2. The molecule has 0 bridgehead atoms. The number of hydrogen-bond acceptors (Lipinski definition) is 5. The van der Waals surface area contributed by atoms with Gasteiger partial charge in [0.05, 0.1) is 10.6 Å². The zero-order valence-corrected chi connectivity index (χ0v) is 13.6. The molecule has 0 aliphatic heterocycles. The predicted molar refractivity (Wildman–Crippen MR) is 87.3 cm³/mol. The molecular formula is C15H20FN5O2. The minimum Gasteiger partial charge on any atom is -0.375 e. The molecule has 8 heteroatoms. The van der Waals surface area contributed by atoms with Gasteiger partial charge < -0.3 is 10.2 Å². The largest absolute Gasteiger partial charge is 0.375 e. The van der Waals surface area contributed by atoms with Crippen molar-refractivity contribution in [1.82, 2.24) is 9.78 Å². The van der Waals surface area contributed by atoms with Crippen LogP contribution < -0.4 is 10.2 Å². The summed E-state index contributed by atoms with van der Waals surface area (Å²) in [5, 5.41) is 18.4. The Morgan fingerprint density at radius 3 is 2.65 bits per heavy atom. The fraction of sp³-hybridized carbons (Fsp3) is 0.400. The second kappa shape index (κ2) is 6.64. The number of hydrogen-bond donors (Lipinski definition) is 1. The topological polar surface area (TPSA) is 76.2 Å². The number of nitro groups is 1. The lowest BCUT2D eigenvalue weighted by Crippen LogP contribution is -2.11. The van der Waals surface area contributed by atoms with Gasteiger partial charge in [0, 0.05) is 27.7 Å². The van der Waals surface area contributed by atoms with E-state index in [1.54, 1.807) is 38.2 Å². The van der Waals surface area contributed by atoms with Crippen molar-refractivity contribution >= 4 is 17.2 Å². The van der Waals surface area contributed by atoms with Crippen molar-refractivity contribution in [2.45, 2.75) is 19.9 Å². The first kappa shape index (κ1) is 16.7. The van der Waals surface area contributed by atoms with Gasteiger partial charge in [0.2, 0.25) is 5.82 Å². The molecule has 0 atom stereocenters. The molecule has 0 amide bonds. The van der Waals surface area contributed by atoms with E-state index in [2.05, 4.69) is 10.4 Å². The van der Waals surface area contributed by atoms with E-state index in [0.29, 0.717) is 29.2 Å². The maximum absolute atomic E-state index is 14.0. The zero-order valence-electron chi connectivity index (χ0n) is 13.6. The molecular weight excluding hydrogens is 301 g/mol. The second-order valence-electron chi connectivity index (χ2n) is 5.41. The van der Waals surface area contributed by atoms with Crippen LogP contribution in [0.1, 0.15) is 18.2 Å². The maximum Gasteiger partial charge on any atom is 0.333 e. The standard InChI is InChI=1S/C15H20FN5O2/c1-5-12-14(21(22)23)15(20(4)18-12)17-9-10-6-7-13(19(2)3)11(16)8-10/h6-8,17H,5,9H2,1-4H3. The highest BCUT2D eigenvalue weighted by Crippen LogP contribution is 2.29. The van der Waals surface area contributed by atoms with E-state index in [0.717, 1.165) is 0 Å². The Hall–Kier alpha value is -2.64. The van der Waals surface area contributed by atoms with Gasteiger partial charge in [-0.25, -0.2) is 9.07 Å². The summed E-state index contributed by atoms with van der Waals surface area (Å²) in [6.45, 7) is 2.09. The fourth-order valence-electron chi connectivity index (χ4n) is 2.41. The summed E-state index contributed by atoms with van der Waals surface area (Å²) in [7, 11) is 5.17. The molecule has 0 radical (unpaired) electrons. The molecule has 2 rings (SSSR count). The number of nitrogens with one attached hydrogen (secondary N) is 1. The van der Waals surface area contributed by atoms with Gasteiger partial charge in [0.15, 0.2) is 0 Å². The van der Waals surface area contributed by atoms with Crippen molar-refractivity contribution in [2.24, 2.45) is 7.05 Å². The summed E-state index contributed by atoms with van der Waals surface area (Å²) in [4.78, 5) is 12.5. The minimum absolute atomic E-state index is 0.0274. The number of halogens is 1. The maximum atomic E-state index is 14.0. The van der Waals surface area contributed by atoms with E-state index < -0.39 is 4.92 Å². The Morgan fingerprint density at radius 1 is 1.43 bits per heavy atom. The van der Waals surface area contributed by atoms with Gasteiger partial charge in [-0.15, -0.1) is 0 Å². The summed E-state index contributed by atoms with van der Waals surface area (Å²) in [5.74, 6) is -0.00741. The molecule has 0 aliphatic rings. The SMILES string of the molecule is CCc1nn(C)c(NCc2ccc(N(C)C)c(F)c2)c1[N+](=O)[O-]. The zero-order chi connectivity index (χ0) is 17.1. The molecule has 1 aromatic heterocycles. The second-order valence-corrected chi connectivity index (χ2v) is 5.41. The molecule has 1 heterocycles. The van der Waals surface area contributed by atoms with E-state index in [1.165, 1.54) is 10.7 Å². The molecule has 1 N–H and O–H groups in total. The van der Waals surface area contributed by atoms with Crippen molar-refractivity contribution in [3.05, 3.63) is 45.4 Å². The Kier molecular flexibility index (Phi) is 4.83. The molecule has 0 spiro atoms. The molecule has 7 nitrogen and oxygen atoms in total. The van der Waals surface area contributed by atoms with Gasteiger partial charge in [-0.05, 0) is 24.1 Å². The first-order chi connectivity index (χ1) is 10.8. The van der Waals surface area contributed by atoms with Gasteiger partial charge in [-0.1, -0.05) is 13.0 Å². The van der Waals surface area contributed by atoms with Crippen LogP contribution in [0.4, 0.5) is 21.6 Å². The Morgan fingerprint density at radius 2 is 2.13 bits per heavy atom. The number of rotatable bonds is 6. The van der Waals surface area contributed by atoms with Crippen molar-refractivity contribution < 1.29 is 9.31 Å². The number of nitrogens with zero attached hydrogens (tertiary/aromatic N) is 4. The van der Waals surface area contributed by atoms with Crippen LogP contribution in [0.2, 0.25) is 0 Å². The quantitative estimate of drug-likeness (QED) is 0.654. The van der Waals surface area contributed by atoms with E-state index in [-0.39, 0.29) is 18.0 Å². The first-order valence-corrected chi connectivity index (χ1v) is 7.25. The van der Waals surface area contributed by atoms with Crippen molar-refractivity contribution in [3.63, 3.8) is 0 Å². The lowest BCUT2D eigenvalue weighted by molar-refractivity contribution is -0.384. The number of aromatic nitrogens is 2. The number of aryl methyl sites for hydroxylation is 2. The molecule has 0 aliphatic carbocycles. The monoisotopic (exact) mass is 321 g/mol. The number of benzene rings is 1. The lowest BCUT2D eigenvalue weighted by Gasteiger charge is -2.14. The van der Waals surface area contributed by atoms with Crippen molar-refractivity contribution in [3.8, 4) is 0 Å². The van der Waals surface area contributed by atoms with E-state index >= 15 is 0 Å². The first-order valence-electron chi connectivity index (χ1n) is 7.25. The third kappa shape index (κ3) is 3.41. The van der Waals surface area contributed by atoms with Crippen LogP contribution in [0.25, 0.3) is 0 Å². The molecule has 0 unspecified atom stereocenters. The van der Waals surface area contributed by atoms with Crippen LogP contribution in [-0.4, -0.2) is 28.8 Å². The van der Waals surface area contributed by atoms with Crippen LogP contribution in [0.15, 0.2) is 18.2 Å². The Labute approximate surface area is 133 Å². The van der Waals surface area contributed by atoms with E-state index in [9.17, 15) is 14.5 Å². The van der Waals surface area contributed by atoms with Crippen LogP contribution >= 0.6 is 0 Å². The average molecular weight is 321 g/mol. The summed E-state index contributed by atoms with van der Waals surface area (Å²) >= 11 is 0. The minimum atomic E-state index is -0.441.